The Balaban J connectivity index is 1.73. The lowest BCUT2D eigenvalue weighted by Crippen LogP contribution is -2.48. The first-order valence-corrected chi connectivity index (χ1v) is 8.19. The molecule has 0 aromatic heterocycles. The van der Waals surface area contributed by atoms with Crippen LogP contribution in [0.3, 0.4) is 0 Å². The number of aromatic hydroxyl groups is 1. The van der Waals surface area contributed by atoms with Gasteiger partial charge in [-0.05, 0) is 42.9 Å². The van der Waals surface area contributed by atoms with Crippen molar-refractivity contribution in [1.82, 2.24) is 15.8 Å². The Morgan fingerprint density at radius 1 is 1.36 bits per heavy atom. The number of carbonyl (C=O) groups excluding carboxylic acids is 1. The molecule has 120 valence electrons. The molecule has 2 fully saturated rings. The summed E-state index contributed by atoms with van der Waals surface area (Å²) in [5.74, 6) is 0.700. The molecule has 1 aliphatic heterocycles. The second-order valence-electron chi connectivity index (χ2n) is 6.51. The van der Waals surface area contributed by atoms with E-state index in [-0.39, 0.29) is 23.6 Å². The molecule has 0 bridgehead atoms. The highest BCUT2D eigenvalue weighted by Crippen LogP contribution is 2.31. The fourth-order valence-electron chi connectivity index (χ4n) is 3.26. The number of hydrogen-bond donors (Lipinski definition) is 3. The minimum absolute atomic E-state index is 0.164. The molecule has 1 saturated carbocycles. The molecule has 0 spiro atoms. The standard InChI is InChI=1S/C17H25N3O2/c1-3-15-11(2)16(19-18-15)17(22)20(13-7-8-13)10-12-5-4-6-14(21)9-12/h4-6,9,11,13,15-16,18-19,21H,3,7-8,10H2,1-2H3. The van der Waals surface area contributed by atoms with Crippen molar-refractivity contribution in [2.24, 2.45) is 5.92 Å². The molecule has 1 aromatic carbocycles. The van der Waals surface area contributed by atoms with Crippen molar-refractivity contribution >= 4 is 5.91 Å². The van der Waals surface area contributed by atoms with Crippen LogP contribution in [0.2, 0.25) is 0 Å². The van der Waals surface area contributed by atoms with E-state index in [0.717, 1.165) is 24.8 Å². The van der Waals surface area contributed by atoms with Crippen LogP contribution in [0.25, 0.3) is 0 Å². The van der Waals surface area contributed by atoms with E-state index in [9.17, 15) is 9.90 Å². The molecule has 3 unspecified atom stereocenters. The molecule has 5 nitrogen and oxygen atoms in total. The van der Waals surface area contributed by atoms with E-state index in [1.54, 1.807) is 12.1 Å². The lowest BCUT2D eigenvalue weighted by Gasteiger charge is -2.27. The van der Waals surface area contributed by atoms with Crippen molar-refractivity contribution in [3.8, 4) is 5.75 Å². The molecule has 3 N–H and O–H groups in total. The first-order valence-electron chi connectivity index (χ1n) is 8.19. The maximum atomic E-state index is 12.9. The van der Waals surface area contributed by atoms with Gasteiger partial charge in [-0.2, -0.15) is 0 Å². The maximum absolute atomic E-state index is 12.9. The van der Waals surface area contributed by atoms with Gasteiger partial charge in [-0.1, -0.05) is 26.0 Å². The summed E-state index contributed by atoms with van der Waals surface area (Å²) in [5, 5.41) is 9.61. The topological polar surface area (TPSA) is 64.6 Å². The smallest absolute Gasteiger partial charge is 0.241 e. The van der Waals surface area contributed by atoms with E-state index in [0.29, 0.717) is 18.6 Å². The number of hydrazine groups is 1. The first-order chi connectivity index (χ1) is 10.6. The molecule has 2 aliphatic rings. The van der Waals surface area contributed by atoms with Crippen LogP contribution in [0.5, 0.6) is 5.75 Å². The Bertz CT molecular complexity index is 544. The first kappa shape index (κ1) is 15.3. The summed E-state index contributed by atoms with van der Waals surface area (Å²) in [4.78, 5) is 14.9. The molecule has 1 amide bonds. The molecule has 3 rings (SSSR count). The number of phenols is 1. The molecule has 22 heavy (non-hydrogen) atoms. The van der Waals surface area contributed by atoms with E-state index in [2.05, 4.69) is 24.7 Å². The normalized spacial score (nSPS) is 27.8. The van der Waals surface area contributed by atoms with Crippen LogP contribution >= 0.6 is 0 Å². The number of rotatable bonds is 5. The highest BCUT2D eigenvalue weighted by atomic mass is 16.3. The quantitative estimate of drug-likeness (QED) is 0.776. The molecule has 1 saturated heterocycles. The van der Waals surface area contributed by atoms with Gasteiger partial charge in [0.25, 0.3) is 0 Å². The number of phenolic OH excluding ortho intramolecular Hbond substituents is 1. The second kappa shape index (κ2) is 6.26. The molecule has 1 aromatic rings. The van der Waals surface area contributed by atoms with Crippen LogP contribution < -0.4 is 10.9 Å². The summed E-state index contributed by atoms with van der Waals surface area (Å²) < 4.78 is 0. The Morgan fingerprint density at radius 3 is 2.73 bits per heavy atom. The van der Waals surface area contributed by atoms with Crippen molar-refractivity contribution in [1.29, 1.82) is 0 Å². The van der Waals surface area contributed by atoms with Crippen LogP contribution in [-0.4, -0.2) is 34.0 Å². The van der Waals surface area contributed by atoms with Gasteiger partial charge in [0, 0.05) is 18.6 Å². The van der Waals surface area contributed by atoms with Gasteiger partial charge in [0.2, 0.25) is 5.91 Å². The molecular weight excluding hydrogens is 278 g/mol. The van der Waals surface area contributed by atoms with E-state index in [1.807, 2.05) is 17.0 Å². The Labute approximate surface area is 131 Å². The summed E-state index contributed by atoms with van der Waals surface area (Å²) >= 11 is 0. The van der Waals surface area contributed by atoms with Gasteiger partial charge in [0.1, 0.15) is 11.8 Å². The zero-order valence-electron chi connectivity index (χ0n) is 13.2. The molecule has 5 heteroatoms. The van der Waals surface area contributed by atoms with Gasteiger partial charge in [0.05, 0.1) is 0 Å². The third-order valence-electron chi connectivity index (χ3n) is 4.82. The molecule has 1 aliphatic carbocycles. The Kier molecular flexibility index (Phi) is 4.36. The number of hydrogen-bond acceptors (Lipinski definition) is 4. The van der Waals surface area contributed by atoms with Crippen molar-refractivity contribution in [3.05, 3.63) is 29.8 Å². The van der Waals surface area contributed by atoms with Gasteiger partial charge in [-0.15, -0.1) is 0 Å². The fraction of sp³-hybridized carbons (Fsp3) is 0.588. The van der Waals surface area contributed by atoms with Crippen molar-refractivity contribution in [2.75, 3.05) is 0 Å². The number of nitrogens with zero attached hydrogens (tertiary/aromatic N) is 1. The van der Waals surface area contributed by atoms with Crippen LogP contribution in [0.1, 0.15) is 38.7 Å². The Morgan fingerprint density at radius 2 is 2.14 bits per heavy atom. The molecular formula is C17H25N3O2. The lowest BCUT2D eigenvalue weighted by molar-refractivity contribution is -0.135. The van der Waals surface area contributed by atoms with Gasteiger partial charge in [-0.25, -0.2) is 5.43 Å². The van der Waals surface area contributed by atoms with Crippen LogP contribution in [0.15, 0.2) is 24.3 Å². The van der Waals surface area contributed by atoms with Crippen molar-refractivity contribution in [3.63, 3.8) is 0 Å². The van der Waals surface area contributed by atoms with E-state index in [4.69, 9.17) is 0 Å². The average Bonchev–Trinajstić information content (AvgIpc) is 3.27. The van der Waals surface area contributed by atoms with Gasteiger partial charge in [0.15, 0.2) is 0 Å². The molecule has 3 atom stereocenters. The predicted molar refractivity (Wildman–Crippen MR) is 85.0 cm³/mol. The average molecular weight is 303 g/mol. The van der Waals surface area contributed by atoms with Crippen LogP contribution in [0.4, 0.5) is 0 Å². The summed E-state index contributed by atoms with van der Waals surface area (Å²) in [6.07, 6.45) is 3.17. The van der Waals surface area contributed by atoms with Crippen molar-refractivity contribution < 1.29 is 9.90 Å². The van der Waals surface area contributed by atoms with Crippen LogP contribution in [0, 0.1) is 5.92 Å². The Hall–Kier alpha value is -1.59. The number of carbonyl (C=O) groups is 1. The van der Waals surface area contributed by atoms with Crippen LogP contribution in [-0.2, 0) is 11.3 Å². The zero-order valence-corrected chi connectivity index (χ0v) is 13.2. The minimum Gasteiger partial charge on any atom is -0.508 e. The van der Waals surface area contributed by atoms with Crippen molar-refractivity contribution in [2.45, 2.75) is 57.8 Å². The zero-order chi connectivity index (χ0) is 15.7. The van der Waals surface area contributed by atoms with E-state index in [1.165, 1.54) is 0 Å². The third kappa shape index (κ3) is 3.10. The summed E-state index contributed by atoms with van der Waals surface area (Å²) in [6, 6.07) is 7.71. The molecule has 1 heterocycles. The third-order valence-corrected chi connectivity index (χ3v) is 4.82. The maximum Gasteiger partial charge on any atom is 0.241 e. The number of benzene rings is 1. The monoisotopic (exact) mass is 303 g/mol. The van der Waals surface area contributed by atoms with Gasteiger partial charge >= 0.3 is 0 Å². The minimum atomic E-state index is -0.164. The fourth-order valence-corrected chi connectivity index (χ4v) is 3.26. The highest BCUT2D eigenvalue weighted by molar-refractivity contribution is 5.83. The summed E-state index contributed by atoms with van der Waals surface area (Å²) in [7, 11) is 0. The highest BCUT2D eigenvalue weighted by Gasteiger charge is 2.42. The predicted octanol–water partition coefficient (Wildman–Crippen LogP) is 1.77. The molecule has 0 radical (unpaired) electrons. The largest absolute Gasteiger partial charge is 0.508 e. The van der Waals surface area contributed by atoms with Gasteiger partial charge in [-0.3, -0.25) is 10.2 Å². The van der Waals surface area contributed by atoms with E-state index >= 15 is 0 Å². The number of nitrogens with one attached hydrogen (secondary N) is 2. The van der Waals surface area contributed by atoms with E-state index < -0.39 is 0 Å². The SMILES string of the molecule is CCC1NNC(C(=O)N(Cc2cccc(O)c2)C2CC2)C1C. The number of amides is 1. The second-order valence-corrected chi connectivity index (χ2v) is 6.51. The summed E-state index contributed by atoms with van der Waals surface area (Å²) in [6.45, 7) is 4.83. The summed E-state index contributed by atoms with van der Waals surface area (Å²) in [5.41, 5.74) is 7.39. The lowest BCUT2D eigenvalue weighted by atomic mass is 9.94. The van der Waals surface area contributed by atoms with Gasteiger partial charge < -0.3 is 10.0 Å².